The molecule has 0 saturated carbocycles. The number of methoxy groups -OCH3 is 2. The molecule has 0 saturated heterocycles. The molecule has 0 aromatic heterocycles. The summed E-state index contributed by atoms with van der Waals surface area (Å²) in [5.41, 5.74) is 1.20. The van der Waals surface area contributed by atoms with Crippen LogP contribution in [0.5, 0.6) is 5.75 Å². The molecule has 0 radical (unpaired) electrons. The number of thioether (sulfide) groups is 1. The van der Waals surface area contributed by atoms with E-state index in [0.29, 0.717) is 17.0 Å². The number of hydrogen-bond donors (Lipinski definition) is 1. The number of carbonyl (C=O) groups excluding carboxylic acids is 2. The van der Waals surface area contributed by atoms with Gasteiger partial charge in [0.25, 0.3) is 5.91 Å². The molecule has 3 aromatic carbocycles. The zero-order chi connectivity index (χ0) is 20.1. The minimum atomic E-state index is -0.333. The Morgan fingerprint density at radius 1 is 1.04 bits per heavy atom. The molecule has 5 nitrogen and oxygen atoms in total. The molecule has 1 amide bonds. The molecule has 0 atom stereocenters. The number of benzene rings is 3. The van der Waals surface area contributed by atoms with Crippen molar-refractivity contribution in [3.05, 3.63) is 64.6 Å². The normalized spacial score (nSPS) is 10.5. The summed E-state index contributed by atoms with van der Waals surface area (Å²) in [4.78, 5) is 25.0. The molecule has 144 valence electrons. The van der Waals surface area contributed by atoms with E-state index in [0.717, 1.165) is 20.1 Å². The van der Waals surface area contributed by atoms with Gasteiger partial charge in [0.1, 0.15) is 5.75 Å². The van der Waals surface area contributed by atoms with E-state index >= 15 is 0 Å². The van der Waals surface area contributed by atoms with Crippen LogP contribution in [0.1, 0.15) is 10.4 Å². The van der Waals surface area contributed by atoms with Crippen LogP contribution in [0.25, 0.3) is 10.8 Å². The maximum Gasteiger partial charge on any atom is 0.315 e. The highest BCUT2D eigenvalue weighted by atomic mass is 79.9. The number of halogens is 1. The fourth-order valence-corrected chi connectivity index (χ4v) is 3.92. The SMILES string of the molecule is COC(=O)CSc1cc(NC(=O)c2ccc(Br)cc2)c2ccccc2c1OC. The molecule has 0 aliphatic rings. The summed E-state index contributed by atoms with van der Waals surface area (Å²) in [6, 6.07) is 16.6. The van der Waals surface area contributed by atoms with Gasteiger partial charge in [-0.2, -0.15) is 0 Å². The van der Waals surface area contributed by atoms with Gasteiger partial charge in [0.15, 0.2) is 0 Å². The van der Waals surface area contributed by atoms with E-state index in [-0.39, 0.29) is 17.6 Å². The Morgan fingerprint density at radius 2 is 1.71 bits per heavy atom. The van der Waals surface area contributed by atoms with Gasteiger partial charge in [0.2, 0.25) is 0 Å². The van der Waals surface area contributed by atoms with E-state index < -0.39 is 0 Å². The fourth-order valence-electron chi connectivity index (χ4n) is 2.74. The van der Waals surface area contributed by atoms with Crippen molar-refractivity contribution >= 4 is 56.0 Å². The monoisotopic (exact) mass is 459 g/mol. The lowest BCUT2D eigenvalue weighted by Gasteiger charge is -2.16. The van der Waals surface area contributed by atoms with Crippen molar-refractivity contribution in [1.29, 1.82) is 0 Å². The molecule has 0 aliphatic carbocycles. The highest BCUT2D eigenvalue weighted by molar-refractivity contribution is 9.10. The summed E-state index contributed by atoms with van der Waals surface area (Å²) in [6.45, 7) is 0. The average Bonchev–Trinajstić information content (AvgIpc) is 2.72. The highest BCUT2D eigenvalue weighted by Crippen LogP contribution is 2.40. The molecule has 0 fully saturated rings. The predicted molar refractivity (Wildman–Crippen MR) is 115 cm³/mol. The minimum Gasteiger partial charge on any atom is -0.495 e. The van der Waals surface area contributed by atoms with E-state index in [1.165, 1.54) is 18.9 Å². The lowest BCUT2D eigenvalue weighted by molar-refractivity contribution is -0.137. The molecular formula is C21H18BrNO4S. The zero-order valence-corrected chi connectivity index (χ0v) is 17.7. The van der Waals surface area contributed by atoms with Gasteiger partial charge in [0, 0.05) is 20.8 Å². The van der Waals surface area contributed by atoms with Gasteiger partial charge in [0.05, 0.1) is 30.6 Å². The molecule has 0 spiro atoms. The van der Waals surface area contributed by atoms with E-state index in [2.05, 4.69) is 21.2 Å². The minimum absolute atomic E-state index is 0.144. The molecule has 3 rings (SSSR count). The second-order valence-electron chi connectivity index (χ2n) is 5.83. The maximum atomic E-state index is 12.7. The zero-order valence-electron chi connectivity index (χ0n) is 15.3. The Morgan fingerprint density at radius 3 is 2.36 bits per heavy atom. The van der Waals surface area contributed by atoms with E-state index in [9.17, 15) is 9.59 Å². The first-order chi connectivity index (χ1) is 13.5. The van der Waals surface area contributed by atoms with Crippen LogP contribution in [0.2, 0.25) is 0 Å². The molecule has 0 bridgehead atoms. The van der Waals surface area contributed by atoms with Crippen LogP contribution in [0.4, 0.5) is 5.69 Å². The van der Waals surface area contributed by atoms with Crippen LogP contribution in [-0.4, -0.2) is 31.8 Å². The number of fused-ring (bicyclic) bond motifs is 1. The summed E-state index contributed by atoms with van der Waals surface area (Å²) < 4.78 is 11.2. The smallest absolute Gasteiger partial charge is 0.315 e. The fraction of sp³-hybridized carbons (Fsp3) is 0.143. The molecule has 1 N–H and O–H groups in total. The largest absolute Gasteiger partial charge is 0.495 e. The number of esters is 1. The van der Waals surface area contributed by atoms with Crippen LogP contribution in [0, 0.1) is 0 Å². The van der Waals surface area contributed by atoms with E-state index in [1.807, 2.05) is 42.5 Å². The van der Waals surface area contributed by atoms with Gasteiger partial charge >= 0.3 is 5.97 Å². The Bertz CT molecular complexity index is 1020. The van der Waals surface area contributed by atoms with Crippen LogP contribution < -0.4 is 10.1 Å². The molecule has 0 aliphatic heterocycles. The summed E-state index contributed by atoms with van der Waals surface area (Å²) >= 11 is 4.67. The summed E-state index contributed by atoms with van der Waals surface area (Å²) in [6.07, 6.45) is 0. The molecule has 3 aromatic rings. The lowest BCUT2D eigenvalue weighted by Crippen LogP contribution is -2.12. The van der Waals surface area contributed by atoms with Gasteiger partial charge in [-0.05, 0) is 30.3 Å². The summed E-state index contributed by atoms with van der Waals surface area (Å²) in [7, 11) is 2.94. The second kappa shape index (κ2) is 9.12. The Hall–Kier alpha value is -2.51. The van der Waals surface area contributed by atoms with E-state index in [1.54, 1.807) is 19.2 Å². The topological polar surface area (TPSA) is 64.6 Å². The van der Waals surface area contributed by atoms with Gasteiger partial charge in [-0.15, -0.1) is 11.8 Å². The highest BCUT2D eigenvalue weighted by Gasteiger charge is 2.16. The van der Waals surface area contributed by atoms with Crippen LogP contribution in [0.15, 0.2) is 64.0 Å². The quantitative estimate of drug-likeness (QED) is 0.408. The lowest BCUT2D eigenvalue weighted by atomic mass is 10.1. The summed E-state index contributed by atoms with van der Waals surface area (Å²) in [5.74, 6) is 0.254. The molecule has 0 unspecified atom stereocenters. The van der Waals surface area contributed by atoms with Crippen molar-refractivity contribution < 1.29 is 19.1 Å². The number of rotatable bonds is 6. The summed E-state index contributed by atoms with van der Waals surface area (Å²) in [5, 5.41) is 4.68. The maximum absolute atomic E-state index is 12.7. The number of hydrogen-bond acceptors (Lipinski definition) is 5. The van der Waals surface area contributed by atoms with Crippen molar-refractivity contribution in [3.63, 3.8) is 0 Å². The Kier molecular flexibility index (Phi) is 6.59. The first kappa shape index (κ1) is 20.2. The van der Waals surface area contributed by atoms with Gasteiger partial charge in [-0.25, -0.2) is 0 Å². The Balaban J connectivity index is 2.01. The van der Waals surface area contributed by atoms with E-state index in [4.69, 9.17) is 9.47 Å². The first-order valence-corrected chi connectivity index (χ1v) is 10.2. The van der Waals surface area contributed by atoms with Crippen molar-refractivity contribution in [1.82, 2.24) is 0 Å². The van der Waals surface area contributed by atoms with Crippen molar-refractivity contribution in [2.75, 3.05) is 25.3 Å². The van der Waals surface area contributed by atoms with Crippen molar-refractivity contribution in [3.8, 4) is 5.75 Å². The number of ether oxygens (including phenoxy) is 2. The number of anilines is 1. The number of nitrogens with one attached hydrogen (secondary N) is 1. The van der Waals surface area contributed by atoms with Gasteiger partial charge in [-0.1, -0.05) is 40.2 Å². The molecule has 28 heavy (non-hydrogen) atoms. The Labute approximate surface area is 175 Å². The van der Waals surface area contributed by atoms with Crippen molar-refractivity contribution in [2.24, 2.45) is 0 Å². The third-order valence-electron chi connectivity index (χ3n) is 4.09. The third kappa shape index (κ3) is 4.48. The predicted octanol–water partition coefficient (Wildman–Crippen LogP) is 5.13. The average molecular weight is 460 g/mol. The van der Waals surface area contributed by atoms with Crippen molar-refractivity contribution in [2.45, 2.75) is 4.90 Å². The van der Waals surface area contributed by atoms with Gasteiger partial charge < -0.3 is 14.8 Å². The molecule has 7 heteroatoms. The van der Waals surface area contributed by atoms with Crippen LogP contribution >= 0.6 is 27.7 Å². The molecule has 0 heterocycles. The third-order valence-corrected chi connectivity index (χ3v) is 5.62. The first-order valence-electron chi connectivity index (χ1n) is 8.39. The second-order valence-corrected chi connectivity index (χ2v) is 7.76. The van der Waals surface area contributed by atoms with Crippen LogP contribution in [0.3, 0.4) is 0 Å². The van der Waals surface area contributed by atoms with Gasteiger partial charge in [-0.3, -0.25) is 9.59 Å². The molecular weight excluding hydrogens is 442 g/mol. The number of amides is 1. The number of carbonyl (C=O) groups is 2. The van der Waals surface area contributed by atoms with Crippen LogP contribution in [-0.2, 0) is 9.53 Å². The standard InChI is InChI=1S/C21H18BrNO4S/c1-26-19(24)12-28-18-11-17(15-5-3-4-6-16(15)20(18)27-2)23-21(25)13-7-9-14(22)10-8-13/h3-11H,12H2,1-2H3,(H,23,25).